The van der Waals surface area contributed by atoms with E-state index in [-0.39, 0.29) is 5.78 Å². The molecule has 4 nitrogen and oxygen atoms in total. The summed E-state index contributed by atoms with van der Waals surface area (Å²) in [6.45, 7) is 11.5. The molecule has 0 spiro atoms. The fraction of sp³-hybridized carbons (Fsp3) is 0.304. The number of aryl methyl sites for hydroxylation is 1. The van der Waals surface area contributed by atoms with Crippen LogP contribution >= 0.6 is 0 Å². The maximum absolute atomic E-state index is 13.6. The number of fused-ring (bicyclic) bond motifs is 1. The van der Waals surface area contributed by atoms with Crippen molar-refractivity contribution in [3.8, 4) is 0 Å². The smallest absolute Gasteiger partial charge is 0.310 e. The number of ketones is 1. The van der Waals surface area contributed by atoms with Gasteiger partial charge in [-0.2, -0.15) is 0 Å². The minimum Gasteiger partial charge on any atom is -0.481 e. The van der Waals surface area contributed by atoms with Gasteiger partial charge in [0.2, 0.25) is 0 Å². The van der Waals surface area contributed by atoms with E-state index in [1.807, 2.05) is 32.9 Å². The molecule has 0 saturated heterocycles. The quantitative estimate of drug-likeness (QED) is 0.630. The molecule has 0 aliphatic carbocycles. The Hall–Kier alpha value is -2.88. The monoisotopic (exact) mass is 364 g/mol. The molecular formula is C23H24O4. The van der Waals surface area contributed by atoms with Gasteiger partial charge < -0.3 is 9.52 Å². The van der Waals surface area contributed by atoms with Crippen molar-refractivity contribution in [3.05, 3.63) is 69.0 Å². The molecule has 1 heterocycles. The van der Waals surface area contributed by atoms with Gasteiger partial charge in [0.05, 0.1) is 17.7 Å². The summed E-state index contributed by atoms with van der Waals surface area (Å²) < 4.78 is 5.62. The molecule has 1 atom stereocenters. The van der Waals surface area contributed by atoms with Gasteiger partial charge in [0.25, 0.3) is 0 Å². The number of carbonyl (C=O) groups excluding carboxylic acids is 1. The maximum Gasteiger partial charge on any atom is 0.310 e. The van der Waals surface area contributed by atoms with E-state index in [4.69, 9.17) is 4.42 Å². The fourth-order valence-electron chi connectivity index (χ4n) is 3.67. The lowest BCUT2D eigenvalue weighted by atomic mass is 9.85. The predicted molar refractivity (Wildman–Crippen MR) is 106 cm³/mol. The summed E-state index contributed by atoms with van der Waals surface area (Å²) in [6.07, 6.45) is 1.54. The van der Waals surface area contributed by atoms with Gasteiger partial charge in [0.1, 0.15) is 5.58 Å². The Balaban J connectivity index is 2.32. The number of aliphatic carboxylic acids is 1. The van der Waals surface area contributed by atoms with E-state index >= 15 is 0 Å². The van der Waals surface area contributed by atoms with Crippen LogP contribution in [0.4, 0.5) is 0 Å². The number of benzene rings is 2. The molecule has 27 heavy (non-hydrogen) atoms. The number of carboxylic acid groups (broad SMARTS) is 1. The van der Waals surface area contributed by atoms with Crippen LogP contribution in [0.3, 0.4) is 0 Å². The van der Waals surface area contributed by atoms with Gasteiger partial charge in [-0.25, -0.2) is 0 Å². The third-order valence-corrected chi connectivity index (χ3v) is 5.83. The summed E-state index contributed by atoms with van der Waals surface area (Å²) >= 11 is 0. The van der Waals surface area contributed by atoms with Crippen molar-refractivity contribution in [3.63, 3.8) is 0 Å². The topological polar surface area (TPSA) is 67.5 Å². The molecular weight excluding hydrogens is 340 g/mol. The molecule has 2 aromatic carbocycles. The molecule has 1 unspecified atom stereocenters. The third kappa shape index (κ3) is 2.95. The first-order valence-corrected chi connectivity index (χ1v) is 9.00. The Morgan fingerprint density at radius 1 is 0.963 bits per heavy atom. The standard InChI is InChI=1S/C23H24O4/c1-11-9-19(14(4)13(3)12(11)2)21(24)20-15(5)18(16(6)23(25)26)10-17-7-8-27-22(17)20/h7-10,16H,1-6H3,(H,25,26). The minimum atomic E-state index is -0.919. The normalized spacial score (nSPS) is 12.4. The molecule has 0 bridgehead atoms. The fourth-order valence-corrected chi connectivity index (χ4v) is 3.67. The highest BCUT2D eigenvalue weighted by Gasteiger charge is 2.26. The van der Waals surface area contributed by atoms with Crippen LogP contribution in [0.1, 0.15) is 62.1 Å². The van der Waals surface area contributed by atoms with Gasteiger partial charge in [-0.05, 0) is 93.1 Å². The largest absolute Gasteiger partial charge is 0.481 e. The Labute approximate surface area is 158 Å². The molecule has 4 heteroatoms. The minimum absolute atomic E-state index is 0.129. The zero-order valence-corrected chi connectivity index (χ0v) is 16.6. The highest BCUT2D eigenvalue weighted by Crippen LogP contribution is 2.34. The number of carbonyl (C=O) groups is 2. The molecule has 0 fully saturated rings. The number of hydrogen-bond donors (Lipinski definition) is 1. The van der Waals surface area contributed by atoms with Crippen molar-refractivity contribution in [1.82, 2.24) is 0 Å². The van der Waals surface area contributed by atoms with Crippen molar-refractivity contribution in [2.24, 2.45) is 0 Å². The molecule has 0 aliphatic heterocycles. The maximum atomic E-state index is 13.6. The van der Waals surface area contributed by atoms with Crippen LogP contribution in [0.2, 0.25) is 0 Å². The van der Waals surface area contributed by atoms with Gasteiger partial charge >= 0.3 is 5.97 Å². The average Bonchev–Trinajstić information content (AvgIpc) is 3.09. The van der Waals surface area contributed by atoms with E-state index < -0.39 is 11.9 Å². The molecule has 3 rings (SSSR count). The van der Waals surface area contributed by atoms with Crippen LogP contribution in [0.5, 0.6) is 0 Å². The number of hydrogen-bond acceptors (Lipinski definition) is 3. The molecule has 0 amide bonds. The first-order chi connectivity index (χ1) is 12.6. The van der Waals surface area contributed by atoms with Gasteiger partial charge in [-0.3, -0.25) is 9.59 Å². The first-order valence-electron chi connectivity index (χ1n) is 9.00. The molecule has 0 aliphatic rings. The van der Waals surface area contributed by atoms with Crippen molar-refractivity contribution >= 4 is 22.7 Å². The summed E-state index contributed by atoms with van der Waals surface area (Å²) in [5.41, 5.74) is 7.17. The van der Waals surface area contributed by atoms with Crippen molar-refractivity contribution in [2.75, 3.05) is 0 Å². The van der Waals surface area contributed by atoms with Crippen LogP contribution in [0, 0.1) is 34.6 Å². The second-order valence-corrected chi connectivity index (χ2v) is 7.31. The Morgan fingerprint density at radius 3 is 2.26 bits per heavy atom. The van der Waals surface area contributed by atoms with Crippen LogP contribution in [-0.4, -0.2) is 16.9 Å². The second kappa shape index (κ2) is 6.69. The van der Waals surface area contributed by atoms with E-state index in [2.05, 4.69) is 6.92 Å². The van der Waals surface area contributed by atoms with Crippen LogP contribution in [0.25, 0.3) is 11.0 Å². The molecule has 1 aromatic heterocycles. The van der Waals surface area contributed by atoms with Gasteiger partial charge in [-0.15, -0.1) is 0 Å². The Kier molecular flexibility index (Phi) is 4.68. The lowest BCUT2D eigenvalue weighted by molar-refractivity contribution is -0.138. The molecule has 1 N–H and O–H groups in total. The van der Waals surface area contributed by atoms with Gasteiger partial charge in [-0.1, -0.05) is 0 Å². The molecule has 0 radical (unpaired) electrons. The molecule has 0 saturated carbocycles. The SMILES string of the molecule is Cc1cc(C(=O)c2c(C)c(C(C)C(=O)O)cc3ccoc23)c(C)c(C)c1C. The van der Waals surface area contributed by atoms with Crippen LogP contribution < -0.4 is 0 Å². The highest BCUT2D eigenvalue weighted by atomic mass is 16.4. The first kappa shape index (κ1) is 18.9. The summed E-state index contributed by atoms with van der Waals surface area (Å²) in [5, 5.41) is 10.2. The van der Waals surface area contributed by atoms with E-state index in [0.29, 0.717) is 27.8 Å². The number of furan rings is 1. The van der Waals surface area contributed by atoms with Crippen LogP contribution in [0.15, 0.2) is 28.9 Å². The second-order valence-electron chi connectivity index (χ2n) is 7.31. The van der Waals surface area contributed by atoms with Crippen molar-refractivity contribution in [1.29, 1.82) is 0 Å². The highest BCUT2D eigenvalue weighted by molar-refractivity contribution is 6.17. The lowest BCUT2D eigenvalue weighted by Gasteiger charge is -2.17. The summed E-state index contributed by atoms with van der Waals surface area (Å²) in [4.78, 5) is 25.1. The summed E-state index contributed by atoms with van der Waals surface area (Å²) in [5.74, 6) is -1.76. The Morgan fingerprint density at radius 2 is 1.63 bits per heavy atom. The van der Waals surface area contributed by atoms with Crippen LogP contribution in [-0.2, 0) is 4.79 Å². The van der Waals surface area contributed by atoms with Gasteiger partial charge in [0.15, 0.2) is 5.78 Å². The third-order valence-electron chi connectivity index (χ3n) is 5.83. The molecule has 3 aromatic rings. The summed E-state index contributed by atoms with van der Waals surface area (Å²) in [6, 6.07) is 5.49. The van der Waals surface area contributed by atoms with E-state index in [1.54, 1.807) is 19.9 Å². The van der Waals surface area contributed by atoms with E-state index in [9.17, 15) is 14.7 Å². The van der Waals surface area contributed by atoms with E-state index in [0.717, 1.165) is 22.1 Å². The summed E-state index contributed by atoms with van der Waals surface area (Å²) in [7, 11) is 0. The van der Waals surface area contributed by atoms with Crippen molar-refractivity contribution in [2.45, 2.75) is 47.5 Å². The lowest BCUT2D eigenvalue weighted by Crippen LogP contribution is -2.14. The Bertz CT molecular complexity index is 1090. The zero-order chi connectivity index (χ0) is 20.0. The van der Waals surface area contributed by atoms with Crippen molar-refractivity contribution < 1.29 is 19.1 Å². The van der Waals surface area contributed by atoms with Gasteiger partial charge in [0, 0.05) is 10.9 Å². The zero-order valence-electron chi connectivity index (χ0n) is 16.6. The van der Waals surface area contributed by atoms with E-state index in [1.165, 1.54) is 11.8 Å². The number of rotatable bonds is 4. The predicted octanol–water partition coefficient (Wildman–Crippen LogP) is 5.39. The molecule has 140 valence electrons. The average molecular weight is 364 g/mol. The number of carboxylic acids is 1.